The number of ether oxygens (including phenoxy) is 2. The van der Waals surface area contributed by atoms with Crippen molar-refractivity contribution in [3.8, 4) is 11.5 Å². The van der Waals surface area contributed by atoms with E-state index in [1.54, 1.807) is 19.2 Å². The second kappa shape index (κ2) is 8.53. The van der Waals surface area contributed by atoms with Gasteiger partial charge in [0.15, 0.2) is 11.5 Å². The fraction of sp³-hybridized carbons (Fsp3) is 0.368. The maximum Gasteiger partial charge on any atom is 0.164 e. The highest BCUT2D eigenvalue weighted by molar-refractivity contribution is 5.47. The molecular formula is C19H24FNO2. The highest BCUT2D eigenvalue weighted by Crippen LogP contribution is 2.34. The maximum atomic E-state index is 14.1. The Morgan fingerprint density at radius 2 is 1.91 bits per heavy atom. The van der Waals surface area contributed by atoms with Gasteiger partial charge in [-0.15, -0.1) is 0 Å². The zero-order chi connectivity index (χ0) is 16.7. The summed E-state index contributed by atoms with van der Waals surface area (Å²) >= 11 is 0. The zero-order valence-corrected chi connectivity index (χ0v) is 13.7. The summed E-state index contributed by atoms with van der Waals surface area (Å²) in [7, 11) is 1.62. The summed E-state index contributed by atoms with van der Waals surface area (Å²) in [5.74, 6) is 1.10. The van der Waals surface area contributed by atoms with Gasteiger partial charge in [-0.3, -0.25) is 0 Å². The van der Waals surface area contributed by atoms with E-state index in [9.17, 15) is 4.39 Å². The average molecular weight is 317 g/mol. The van der Waals surface area contributed by atoms with Crippen LogP contribution in [-0.2, 0) is 6.42 Å². The lowest BCUT2D eigenvalue weighted by molar-refractivity contribution is 0.290. The predicted octanol–water partition coefficient (Wildman–Crippen LogP) is 3.91. The lowest BCUT2D eigenvalue weighted by atomic mass is 9.91. The van der Waals surface area contributed by atoms with Gasteiger partial charge in [0, 0.05) is 5.92 Å². The van der Waals surface area contributed by atoms with Crippen LogP contribution in [0, 0.1) is 5.82 Å². The minimum Gasteiger partial charge on any atom is -0.493 e. The summed E-state index contributed by atoms with van der Waals surface area (Å²) < 4.78 is 25.3. The molecule has 0 bridgehead atoms. The third kappa shape index (κ3) is 4.23. The van der Waals surface area contributed by atoms with Gasteiger partial charge in [0.25, 0.3) is 0 Å². The molecule has 2 rings (SSSR count). The number of halogens is 1. The predicted molar refractivity (Wildman–Crippen MR) is 90.7 cm³/mol. The van der Waals surface area contributed by atoms with Crippen molar-refractivity contribution in [3.05, 3.63) is 59.4 Å². The van der Waals surface area contributed by atoms with Gasteiger partial charge in [0.05, 0.1) is 13.7 Å². The molecule has 0 aliphatic heterocycles. The van der Waals surface area contributed by atoms with Crippen LogP contribution >= 0.6 is 0 Å². The molecule has 2 aromatic rings. The van der Waals surface area contributed by atoms with E-state index in [1.165, 1.54) is 6.07 Å². The minimum atomic E-state index is -0.220. The monoisotopic (exact) mass is 317 g/mol. The number of rotatable bonds is 8. The number of benzene rings is 2. The smallest absolute Gasteiger partial charge is 0.164 e. The van der Waals surface area contributed by atoms with Gasteiger partial charge in [-0.2, -0.15) is 0 Å². The van der Waals surface area contributed by atoms with E-state index in [4.69, 9.17) is 15.2 Å². The second-order valence-electron chi connectivity index (χ2n) is 5.46. The van der Waals surface area contributed by atoms with E-state index in [1.807, 2.05) is 24.3 Å². The van der Waals surface area contributed by atoms with Gasteiger partial charge in [-0.1, -0.05) is 37.3 Å². The van der Waals surface area contributed by atoms with Crippen molar-refractivity contribution in [2.75, 3.05) is 20.3 Å². The van der Waals surface area contributed by atoms with Crippen LogP contribution in [0.1, 0.15) is 30.4 Å². The standard InChI is InChI=1S/C19H24FNO2/c1-3-11-23-19-14(7-6-10-18(19)22-2)12-15(13-21)16-8-4-5-9-17(16)20/h4-10,15H,3,11-13,21H2,1-2H3. The van der Waals surface area contributed by atoms with Crippen molar-refractivity contribution in [2.24, 2.45) is 5.73 Å². The lowest BCUT2D eigenvalue weighted by Crippen LogP contribution is -2.17. The Labute approximate surface area is 137 Å². The van der Waals surface area contributed by atoms with Crippen LogP contribution in [0.4, 0.5) is 4.39 Å². The fourth-order valence-corrected chi connectivity index (χ4v) is 2.64. The molecule has 1 atom stereocenters. The van der Waals surface area contributed by atoms with Crippen LogP contribution in [0.5, 0.6) is 11.5 Å². The molecule has 0 aromatic heterocycles. The summed E-state index contributed by atoms with van der Waals surface area (Å²) in [5, 5.41) is 0. The van der Waals surface area contributed by atoms with Crippen LogP contribution < -0.4 is 15.2 Å². The van der Waals surface area contributed by atoms with Crippen LogP contribution in [-0.4, -0.2) is 20.3 Å². The van der Waals surface area contributed by atoms with Gasteiger partial charge in [-0.25, -0.2) is 4.39 Å². The van der Waals surface area contributed by atoms with Crippen LogP contribution in [0.2, 0.25) is 0 Å². The molecule has 0 radical (unpaired) electrons. The summed E-state index contributed by atoms with van der Waals surface area (Å²) in [4.78, 5) is 0. The molecule has 0 saturated carbocycles. The Balaban J connectivity index is 2.32. The number of hydrogen-bond acceptors (Lipinski definition) is 3. The molecule has 4 heteroatoms. The normalized spacial score (nSPS) is 12.0. The molecule has 2 aromatic carbocycles. The molecule has 124 valence electrons. The molecule has 0 saturated heterocycles. The Bertz CT molecular complexity index is 631. The molecular weight excluding hydrogens is 293 g/mol. The third-order valence-corrected chi connectivity index (χ3v) is 3.83. The minimum absolute atomic E-state index is 0.104. The Morgan fingerprint density at radius 3 is 2.57 bits per heavy atom. The first-order valence-corrected chi connectivity index (χ1v) is 7.94. The first-order chi connectivity index (χ1) is 11.2. The molecule has 0 aliphatic rings. The molecule has 2 N–H and O–H groups in total. The van der Waals surface area contributed by atoms with Crippen molar-refractivity contribution >= 4 is 0 Å². The molecule has 3 nitrogen and oxygen atoms in total. The average Bonchev–Trinajstić information content (AvgIpc) is 2.58. The van der Waals surface area contributed by atoms with E-state index >= 15 is 0 Å². The van der Waals surface area contributed by atoms with E-state index < -0.39 is 0 Å². The molecule has 0 amide bonds. The van der Waals surface area contributed by atoms with Crippen LogP contribution in [0.15, 0.2) is 42.5 Å². The quantitative estimate of drug-likeness (QED) is 0.803. The fourth-order valence-electron chi connectivity index (χ4n) is 2.64. The molecule has 0 aliphatic carbocycles. The third-order valence-electron chi connectivity index (χ3n) is 3.83. The highest BCUT2D eigenvalue weighted by Gasteiger charge is 2.18. The lowest BCUT2D eigenvalue weighted by Gasteiger charge is -2.20. The number of methoxy groups -OCH3 is 1. The maximum absolute atomic E-state index is 14.1. The van der Waals surface area contributed by atoms with E-state index in [-0.39, 0.29) is 11.7 Å². The van der Waals surface area contributed by atoms with Gasteiger partial charge < -0.3 is 15.2 Å². The van der Waals surface area contributed by atoms with E-state index in [2.05, 4.69) is 6.92 Å². The van der Waals surface area contributed by atoms with Crippen molar-refractivity contribution < 1.29 is 13.9 Å². The Hall–Kier alpha value is -2.07. The van der Waals surface area contributed by atoms with Crippen molar-refractivity contribution in [3.63, 3.8) is 0 Å². The summed E-state index contributed by atoms with van der Waals surface area (Å²) in [6.45, 7) is 3.03. The van der Waals surface area contributed by atoms with Crippen molar-refractivity contribution in [2.45, 2.75) is 25.7 Å². The van der Waals surface area contributed by atoms with Crippen LogP contribution in [0.25, 0.3) is 0 Å². The summed E-state index contributed by atoms with van der Waals surface area (Å²) in [6.07, 6.45) is 1.51. The zero-order valence-electron chi connectivity index (χ0n) is 13.7. The molecule has 0 fully saturated rings. The molecule has 0 heterocycles. The summed E-state index contributed by atoms with van der Waals surface area (Å²) in [5.41, 5.74) is 7.52. The van der Waals surface area contributed by atoms with E-state index in [0.717, 1.165) is 17.7 Å². The van der Waals surface area contributed by atoms with Crippen molar-refractivity contribution in [1.29, 1.82) is 0 Å². The van der Waals surface area contributed by atoms with E-state index in [0.29, 0.717) is 30.9 Å². The first kappa shape index (κ1) is 17.3. The Morgan fingerprint density at radius 1 is 1.13 bits per heavy atom. The largest absolute Gasteiger partial charge is 0.493 e. The molecule has 0 spiro atoms. The number of para-hydroxylation sites is 1. The second-order valence-corrected chi connectivity index (χ2v) is 5.46. The SMILES string of the molecule is CCCOc1c(CC(CN)c2ccccc2F)cccc1OC. The van der Waals surface area contributed by atoms with Gasteiger partial charge in [-0.05, 0) is 42.6 Å². The highest BCUT2D eigenvalue weighted by atomic mass is 19.1. The van der Waals surface area contributed by atoms with Gasteiger partial charge >= 0.3 is 0 Å². The number of nitrogens with two attached hydrogens (primary N) is 1. The number of hydrogen-bond donors (Lipinski definition) is 1. The first-order valence-electron chi connectivity index (χ1n) is 7.94. The van der Waals surface area contributed by atoms with Gasteiger partial charge in [0.2, 0.25) is 0 Å². The molecule has 1 unspecified atom stereocenters. The molecule has 23 heavy (non-hydrogen) atoms. The van der Waals surface area contributed by atoms with Crippen molar-refractivity contribution in [1.82, 2.24) is 0 Å². The van der Waals surface area contributed by atoms with Gasteiger partial charge in [0.1, 0.15) is 5.82 Å². The topological polar surface area (TPSA) is 44.5 Å². The Kier molecular flexibility index (Phi) is 6.41. The summed E-state index contributed by atoms with van der Waals surface area (Å²) in [6, 6.07) is 12.6. The van der Waals surface area contributed by atoms with Crippen LogP contribution in [0.3, 0.4) is 0 Å².